The molecule has 0 amide bonds. The number of rotatable bonds is 5. The van der Waals surface area contributed by atoms with E-state index in [4.69, 9.17) is 4.74 Å². The van der Waals surface area contributed by atoms with E-state index in [-0.39, 0.29) is 0 Å². The Morgan fingerprint density at radius 3 is 2.63 bits per heavy atom. The largest absolute Gasteiger partial charge is 0.473 e. The van der Waals surface area contributed by atoms with Gasteiger partial charge < -0.3 is 9.84 Å². The molecule has 3 nitrogen and oxygen atoms in total. The fraction of sp³-hybridized carbons (Fsp3) is 0.312. The van der Waals surface area contributed by atoms with Gasteiger partial charge in [0.25, 0.3) is 0 Å². The van der Waals surface area contributed by atoms with E-state index in [9.17, 15) is 5.11 Å². The Morgan fingerprint density at radius 2 is 2.00 bits per heavy atom. The van der Waals surface area contributed by atoms with Gasteiger partial charge in [0.1, 0.15) is 6.61 Å². The van der Waals surface area contributed by atoms with Crippen LogP contribution in [0.4, 0.5) is 0 Å². The fourth-order valence-electron chi connectivity index (χ4n) is 1.92. The van der Waals surface area contributed by atoms with Gasteiger partial charge in [-0.3, -0.25) is 0 Å². The van der Waals surface area contributed by atoms with Gasteiger partial charge in [0, 0.05) is 17.8 Å². The molecule has 0 bridgehead atoms. The zero-order valence-electron chi connectivity index (χ0n) is 11.3. The molecule has 100 valence electrons. The summed E-state index contributed by atoms with van der Waals surface area (Å²) in [5.74, 6) is 0.591. The van der Waals surface area contributed by atoms with Crippen molar-refractivity contribution in [2.75, 3.05) is 0 Å². The molecule has 2 rings (SSSR count). The molecule has 3 heteroatoms. The predicted octanol–water partition coefficient (Wildman–Crippen LogP) is 3.41. The number of hydrogen-bond acceptors (Lipinski definition) is 3. The Morgan fingerprint density at radius 1 is 1.26 bits per heavy atom. The molecule has 0 spiro atoms. The molecule has 0 radical (unpaired) electrons. The summed E-state index contributed by atoms with van der Waals surface area (Å²) in [6.45, 7) is 4.41. The van der Waals surface area contributed by atoms with Crippen LogP contribution in [-0.2, 0) is 6.61 Å². The minimum absolute atomic E-state index is 0.448. The molecule has 0 aliphatic carbocycles. The standard InChI is InChI=1S/C16H19NO2/c1-3-15(18)14-10-17-16(9-12(14)2)19-11-13-7-5-4-6-8-13/h4-10,15,18H,3,11H2,1-2H3/t15-/m0/s1. The first-order valence-electron chi connectivity index (χ1n) is 6.52. The third-order valence-electron chi connectivity index (χ3n) is 3.10. The Labute approximate surface area is 113 Å². The Kier molecular flexibility index (Phi) is 4.53. The van der Waals surface area contributed by atoms with Gasteiger partial charge in [-0.25, -0.2) is 4.98 Å². The van der Waals surface area contributed by atoms with Gasteiger partial charge in [-0.1, -0.05) is 37.3 Å². The molecule has 1 heterocycles. The number of aromatic nitrogens is 1. The van der Waals surface area contributed by atoms with Crippen molar-refractivity contribution in [3.8, 4) is 5.88 Å². The van der Waals surface area contributed by atoms with E-state index >= 15 is 0 Å². The SMILES string of the molecule is CC[C@H](O)c1cnc(OCc2ccccc2)cc1C. The van der Waals surface area contributed by atoms with Crippen LogP contribution in [0.3, 0.4) is 0 Å². The summed E-state index contributed by atoms with van der Waals surface area (Å²) in [5, 5.41) is 9.83. The zero-order chi connectivity index (χ0) is 13.7. The lowest BCUT2D eigenvalue weighted by Gasteiger charge is -2.12. The summed E-state index contributed by atoms with van der Waals surface area (Å²) >= 11 is 0. The summed E-state index contributed by atoms with van der Waals surface area (Å²) in [7, 11) is 0. The van der Waals surface area contributed by atoms with E-state index in [0.29, 0.717) is 18.9 Å². The summed E-state index contributed by atoms with van der Waals surface area (Å²) in [4.78, 5) is 4.24. The first kappa shape index (κ1) is 13.6. The number of aliphatic hydroxyl groups excluding tert-OH is 1. The van der Waals surface area contributed by atoms with Crippen molar-refractivity contribution < 1.29 is 9.84 Å². The number of hydrogen-bond donors (Lipinski definition) is 1. The Hall–Kier alpha value is -1.87. The van der Waals surface area contributed by atoms with Crippen LogP contribution in [0.2, 0.25) is 0 Å². The molecular formula is C16H19NO2. The summed E-state index contributed by atoms with van der Waals surface area (Å²) < 4.78 is 5.65. The Balaban J connectivity index is 2.04. The number of aliphatic hydroxyl groups is 1. The van der Waals surface area contributed by atoms with Gasteiger partial charge >= 0.3 is 0 Å². The molecule has 0 aliphatic heterocycles. The second-order valence-electron chi connectivity index (χ2n) is 4.58. The lowest BCUT2D eigenvalue weighted by atomic mass is 10.0. The molecule has 1 aromatic carbocycles. The smallest absolute Gasteiger partial charge is 0.213 e. The molecule has 1 aromatic heterocycles. The van der Waals surface area contributed by atoms with Gasteiger partial charge in [-0.15, -0.1) is 0 Å². The molecule has 19 heavy (non-hydrogen) atoms. The third kappa shape index (κ3) is 3.55. The minimum atomic E-state index is -0.448. The highest BCUT2D eigenvalue weighted by atomic mass is 16.5. The molecule has 0 saturated carbocycles. The number of ether oxygens (including phenoxy) is 1. The second-order valence-corrected chi connectivity index (χ2v) is 4.58. The van der Waals surface area contributed by atoms with Gasteiger partial charge in [0.2, 0.25) is 5.88 Å². The lowest BCUT2D eigenvalue weighted by molar-refractivity contribution is 0.172. The third-order valence-corrected chi connectivity index (χ3v) is 3.10. The van der Waals surface area contributed by atoms with Crippen LogP contribution in [0.15, 0.2) is 42.6 Å². The van der Waals surface area contributed by atoms with Crippen molar-refractivity contribution in [2.24, 2.45) is 0 Å². The molecule has 0 unspecified atom stereocenters. The van der Waals surface area contributed by atoms with E-state index in [1.165, 1.54) is 0 Å². The van der Waals surface area contributed by atoms with E-state index in [1.807, 2.05) is 50.2 Å². The molecule has 2 aromatic rings. The van der Waals surface area contributed by atoms with E-state index < -0.39 is 6.10 Å². The van der Waals surface area contributed by atoms with Gasteiger partial charge in [0.05, 0.1) is 6.10 Å². The van der Waals surface area contributed by atoms with Gasteiger partial charge in [0.15, 0.2) is 0 Å². The molecule has 1 N–H and O–H groups in total. The van der Waals surface area contributed by atoms with Crippen molar-refractivity contribution in [1.82, 2.24) is 4.98 Å². The molecule has 0 fully saturated rings. The fourth-order valence-corrected chi connectivity index (χ4v) is 1.92. The number of benzene rings is 1. The summed E-state index contributed by atoms with van der Waals surface area (Å²) in [6, 6.07) is 11.9. The molecule has 0 saturated heterocycles. The highest BCUT2D eigenvalue weighted by Gasteiger charge is 2.09. The monoisotopic (exact) mass is 257 g/mol. The van der Waals surface area contributed by atoms with Crippen LogP contribution >= 0.6 is 0 Å². The van der Waals surface area contributed by atoms with Crippen LogP contribution in [0.1, 0.15) is 36.1 Å². The van der Waals surface area contributed by atoms with Crippen molar-refractivity contribution in [1.29, 1.82) is 0 Å². The van der Waals surface area contributed by atoms with Crippen LogP contribution in [0.25, 0.3) is 0 Å². The zero-order valence-corrected chi connectivity index (χ0v) is 11.3. The van der Waals surface area contributed by atoms with Crippen molar-refractivity contribution in [2.45, 2.75) is 33.0 Å². The minimum Gasteiger partial charge on any atom is -0.473 e. The lowest BCUT2D eigenvalue weighted by Crippen LogP contribution is -2.02. The van der Waals surface area contributed by atoms with Gasteiger partial charge in [-0.05, 0) is 24.5 Å². The maximum absolute atomic E-state index is 9.83. The average molecular weight is 257 g/mol. The molecule has 0 aliphatic rings. The Bertz CT molecular complexity index is 526. The molecule has 1 atom stereocenters. The van der Waals surface area contributed by atoms with Crippen molar-refractivity contribution >= 4 is 0 Å². The van der Waals surface area contributed by atoms with Crippen molar-refractivity contribution in [3.63, 3.8) is 0 Å². The topological polar surface area (TPSA) is 42.4 Å². The molecular weight excluding hydrogens is 238 g/mol. The average Bonchev–Trinajstić information content (AvgIpc) is 2.45. The van der Waals surface area contributed by atoms with Gasteiger partial charge in [-0.2, -0.15) is 0 Å². The number of pyridine rings is 1. The highest BCUT2D eigenvalue weighted by molar-refractivity contribution is 5.30. The highest BCUT2D eigenvalue weighted by Crippen LogP contribution is 2.22. The summed E-state index contributed by atoms with van der Waals surface area (Å²) in [5.41, 5.74) is 2.99. The van der Waals surface area contributed by atoms with Crippen LogP contribution in [0, 0.1) is 6.92 Å². The number of aryl methyl sites for hydroxylation is 1. The quantitative estimate of drug-likeness (QED) is 0.892. The first-order valence-corrected chi connectivity index (χ1v) is 6.52. The maximum atomic E-state index is 9.83. The van der Waals surface area contributed by atoms with E-state index in [1.54, 1.807) is 6.20 Å². The second kappa shape index (κ2) is 6.34. The van der Waals surface area contributed by atoms with Crippen LogP contribution in [-0.4, -0.2) is 10.1 Å². The van der Waals surface area contributed by atoms with E-state index in [2.05, 4.69) is 4.98 Å². The normalized spacial score (nSPS) is 12.2. The van der Waals surface area contributed by atoms with Crippen LogP contribution < -0.4 is 4.74 Å². The first-order chi connectivity index (χ1) is 9.20. The summed E-state index contributed by atoms with van der Waals surface area (Å²) in [6.07, 6.45) is 1.94. The van der Waals surface area contributed by atoms with E-state index in [0.717, 1.165) is 16.7 Å². The predicted molar refractivity (Wildman–Crippen MR) is 75.0 cm³/mol. The van der Waals surface area contributed by atoms with Crippen molar-refractivity contribution in [3.05, 3.63) is 59.3 Å². The maximum Gasteiger partial charge on any atom is 0.213 e. The van der Waals surface area contributed by atoms with Crippen LogP contribution in [0.5, 0.6) is 5.88 Å². The number of nitrogens with zero attached hydrogens (tertiary/aromatic N) is 1.